The molecular weight excluding hydrogens is 256 g/mol. The molecule has 0 aliphatic carbocycles. The lowest BCUT2D eigenvalue weighted by molar-refractivity contribution is 0.351. The summed E-state index contributed by atoms with van der Waals surface area (Å²) in [4.78, 5) is 0. The summed E-state index contributed by atoms with van der Waals surface area (Å²) in [7, 11) is 0. The second-order valence-electron chi connectivity index (χ2n) is 2.94. The van der Waals surface area contributed by atoms with Crippen LogP contribution in [0.5, 0.6) is 5.75 Å². The van der Waals surface area contributed by atoms with Gasteiger partial charge in [0.2, 0.25) is 0 Å². The van der Waals surface area contributed by atoms with Crippen molar-refractivity contribution in [1.82, 2.24) is 0 Å². The number of benzene rings is 1. The van der Waals surface area contributed by atoms with Gasteiger partial charge in [-0.05, 0) is 17.7 Å². The highest BCUT2D eigenvalue weighted by Gasteiger charge is 2.09. The molecule has 0 bridgehead atoms. The van der Waals surface area contributed by atoms with Crippen LogP contribution >= 0.6 is 34.8 Å². The summed E-state index contributed by atoms with van der Waals surface area (Å²) >= 11 is 17.6. The lowest BCUT2D eigenvalue weighted by atomic mass is 10.3. The van der Waals surface area contributed by atoms with Crippen molar-refractivity contribution in [2.45, 2.75) is 0 Å². The minimum absolute atomic E-state index is 0.289. The van der Waals surface area contributed by atoms with Crippen LogP contribution in [-0.2, 0) is 0 Å². The summed E-state index contributed by atoms with van der Waals surface area (Å²) in [6, 6.07) is 3.13. The topological polar surface area (TPSA) is 35.2 Å². The number of hydrogen-bond donors (Lipinski definition) is 1. The molecule has 2 N–H and O–H groups in total. The molecule has 0 atom stereocenters. The number of ether oxygens (including phenoxy) is 1. The number of nitrogens with two attached hydrogens (primary N) is 1. The summed E-state index contributed by atoms with van der Waals surface area (Å²) in [5, 5.41) is 1.21. The van der Waals surface area contributed by atoms with Gasteiger partial charge in [-0.3, -0.25) is 0 Å². The fourth-order valence-electron chi connectivity index (χ4n) is 0.900. The van der Waals surface area contributed by atoms with E-state index in [-0.39, 0.29) is 6.61 Å². The first-order valence-electron chi connectivity index (χ1n) is 4.18. The van der Waals surface area contributed by atoms with Gasteiger partial charge in [-0.15, -0.1) is 0 Å². The van der Waals surface area contributed by atoms with Crippen LogP contribution in [0, 0.1) is 0 Å². The van der Waals surface area contributed by atoms with E-state index in [1.54, 1.807) is 12.1 Å². The van der Waals surface area contributed by atoms with E-state index in [1.807, 2.05) is 0 Å². The molecule has 0 radical (unpaired) electrons. The standard InChI is InChI=1S/C10H10Cl3NO/c1-6(4-14)5-15-10-8(12)2-7(11)3-9(10)13/h2-3H,1,4-5,14H2. The number of halogens is 3. The van der Waals surface area contributed by atoms with Gasteiger partial charge in [0.25, 0.3) is 0 Å². The number of rotatable bonds is 4. The first-order chi connectivity index (χ1) is 7.04. The van der Waals surface area contributed by atoms with Crippen LogP contribution in [0.4, 0.5) is 0 Å². The Hall–Kier alpha value is -0.410. The zero-order valence-corrected chi connectivity index (χ0v) is 10.2. The molecule has 82 valence electrons. The van der Waals surface area contributed by atoms with E-state index in [0.717, 1.165) is 5.57 Å². The average molecular weight is 267 g/mol. The lowest BCUT2D eigenvalue weighted by Crippen LogP contribution is -2.10. The Kier molecular flexibility index (Phi) is 4.74. The zero-order chi connectivity index (χ0) is 11.4. The Bertz CT molecular complexity index is 356. The van der Waals surface area contributed by atoms with Gasteiger partial charge in [0.1, 0.15) is 6.61 Å². The SMILES string of the molecule is C=C(CN)COc1c(Cl)cc(Cl)cc1Cl. The van der Waals surface area contributed by atoms with E-state index >= 15 is 0 Å². The Balaban J connectivity index is 2.81. The summed E-state index contributed by atoms with van der Waals surface area (Å²) in [6.45, 7) is 4.36. The predicted molar refractivity (Wildman–Crippen MR) is 65.2 cm³/mol. The van der Waals surface area contributed by atoms with Crippen LogP contribution in [0.25, 0.3) is 0 Å². The van der Waals surface area contributed by atoms with Crippen LogP contribution in [0.15, 0.2) is 24.3 Å². The molecule has 0 fully saturated rings. The van der Waals surface area contributed by atoms with E-state index < -0.39 is 0 Å². The van der Waals surface area contributed by atoms with Crippen molar-refractivity contribution in [1.29, 1.82) is 0 Å². The maximum absolute atomic E-state index is 5.91. The van der Waals surface area contributed by atoms with E-state index in [0.29, 0.717) is 27.4 Å². The Labute approximate surface area is 104 Å². The third-order valence-corrected chi connectivity index (χ3v) is 2.45. The molecule has 0 heterocycles. The van der Waals surface area contributed by atoms with Crippen LogP contribution in [0.3, 0.4) is 0 Å². The lowest BCUT2D eigenvalue weighted by Gasteiger charge is -2.10. The first kappa shape index (κ1) is 12.7. The summed E-state index contributed by atoms with van der Waals surface area (Å²) in [6.07, 6.45) is 0. The molecule has 15 heavy (non-hydrogen) atoms. The molecule has 0 aromatic heterocycles. The molecule has 0 aliphatic rings. The van der Waals surface area contributed by atoms with E-state index in [1.165, 1.54) is 0 Å². The monoisotopic (exact) mass is 265 g/mol. The largest absolute Gasteiger partial charge is 0.486 e. The van der Waals surface area contributed by atoms with Gasteiger partial charge in [-0.1, -0.05) is 41.4 Å². The molecule has 0 saturated carbocycles. The average Bonchev–Trinajstić information content (AvgIpc) is 2.15. The third-order valence-electron chi connectivity index (χ3n) is 1.67. The molecule has 0 amide bonds. The van der Waals surface area contributed by atoms with Gasteiger partial charge in [-0.25, -0.2) is 0 Å². The van der Waals surface area contributed by atoms with Crippen molar-refractivity contribution in [3.63, 3.8) is 0 Å². The van der Waals surface area contributed by atoms with Crippen LogP contribution < -0.4 is 10.5 Å². The molecule has 0 aliphatic heterocycles. The van der Waals surface area contributed by atoms with Gasteiger partial charge in [-0.2, -0.15) is 0 Å². The van der Waals surface area contributed by atoms with Crippen LogP contribution in [-0.4, -0.2) is 13.2 Å². The van der Waals surface area contributed by atoms with E-state index in [9.17, 15) is 0 Å². The molecule has 1 aromatic carbocycles. The van der Waals surface area contributed by atoms with Crippen LogP contribution in [0.2, 0.25) is 15.1 Å². The smallest absolute Gasteiger partial charge is 0.157 e. The van der Waals surface area contributed by atoms with Crippen molar-refractivity contribution in [2.75, 3.05) is 13.2 Å². The highest BCUT2D eigenvalue weighted by Crippen LogP contribution is 2.35. The van der Waals surface area contributed by atoms with Gasteiger partial charge in [0.05, 0.1) is 10.0 Å². The van der Waals surface area contributed by atoms with Gasteiger partial charge in [0, 0.05) is 11.6 Å². The fraction of sp³-hybridized carbons (Fsp3) is 0.200. The fourth-order valence-corrected chi connectivity index (χ4v) is 1.83. The maximum atomic E-state index is 5.91. The quantitative estimate of drug-likeness (QED) is 0.846. The van der Waals surface area contributed by atoms with Gasteiger partial charge < -0.3 is 10.5 Å². The molecule has 5 heteroatoms. The van der Waals surface area contributed by atoms with Crippen molar-refractivity contribution >= 4 is 34.8 Å². The summed E-state index contributed by atoms with van der Waals surface area (Å²) in [5.41, 5.74) is 6.13. The molecule has 0 unspecified atom stereocenters. The molecule has 0 spiro atoms. The second-order valence-corrected chi connectivity index (χ2v) is 4.19. The Morgan fingerprint density at radius 2 is 1.80 bits per heavy atom. The number of hydrogen-bond acceptors (Lipinski definition) is 2. The second kappa shape index (κ2) is 5.61. The van der Waals surface area contributed by atoms with Crippen molar-refractivity contribution in [2.24, 2.45) is 5.73 Å². The minimum Gasteiger partial charge on any atom is -0.486 e. The molecule has 0 saturated heterocycles. The molecule has 2 nitrogen and oxygen atoms in total. The van der Waals surface area contributed by atoms with Crippen molar-refractivity contribution < 1.29 is 4.74 Å². The van der Waals surface area contributed by atoms with Crippen molar-refractivity contribution in [3.05, 3.63) is 39.4 Å². The Morgan fingerprint density at radius 1 is 1.27 bits per heavy atom. The maximum Gasteiger partial charge on any atom is 0.157 e. The highest BCUT2D eigenvalue weighted by atomic mass is 35.5. The molecular formula is C10H10Cl3NO. The first-order valence-corrected chi connectivity index (χ1v) is 5.32. The van der Waals surface area contributed by atoms with E-state index in [4.69, 9.17) is 45.3 Å². The van der Waals surface area contributed by atoms with Crippen molar-refractivity contribution in [3.8, 4) is 5.75 Å². The minimum atomic E-state index is 0.289. The third kappa shape index (κ3) is 3.58. The van der Waals surface area contributed by atoms with Gasteiger partial charge >= 0.3 is 0 Å². The molecule has 1 aromatic rings. The van der Waals surface area contributed by atoms with Gasteiger partial charge in [0.15, 0.2) is 5.75 Å². The summed E-state index contributed by atoms with van der Waals surface area (Å²) < 4.78 is 5.37. The highest BCUT2D eigenvalue weighted by molar-refractivity contribution is 6.40. The predicted octanol–water partition coefficient (Wildman–Crippen LogP) is 3.54. The molecule has 1 rings (SSSR count). The zero-order valence-electron chi connectivity index (χ0n) is 7.90. The normalized spacial score (nSPS) is 10.1. The van der Waals surface area contributed by atoms with Crippen LogP contribution in [0.1, 0.15) is 0 Å². The summed E-state index contributed by atoms with van der Waals surface area (Å²) in [5.74, 6) is 0.400. The van der Waals surface area contributed by atoms with E-state index in [2.05, 4.69) is 6.58 Å². The Morgan fingerprint density at radius 3 is 2.27 bits per heavy atom.